The van der Waals surface area contributed by atoms with Crippen LogP contribution in [-0.4, -0.2) is 52.1 Å². The number of ether oxygens (including phenoxy) is 6. The lowest BCUT2D eigenvalue weighted by Crippen LogP contribution is -2.29. The second kappa shape index (κ2) is 17.4. The molecule has 0 radical (unpaired) electrons. The Hall–Kier alpha value is -3.49. The van der Waals surface area contributed by atoms with E-state index in [2.05, 4.69) is 107 Å². The molecule has 0 spiro atoms. The zero-order valence-corrected chi connectivity index (χ0v) is 38.5. The Morgan fingerprint density at radius 2 is 0.684 bits per heavy atom. The molecule has 57 heavy (non-hydrogen) atoms. The van der Waals surface area contributed by atoms with Crippen LogP contribution in [0.4, 0.5) is 13.2 Å². The standard InChI is InChI=1S/C42H63O6S.CHF3O3S/c1-37(2,3)43-28-24-31(45-39(7,8)9)35(32(25-28)46-40(10,11)12)49(30-22-20-19-21-23-30)36-33(47-41(13,14)15)26-29(44-38(4,5)6)27-34(36)48-42(16,17)18;2-1(3,4)8(5,6)7/h19-27H,1-18H3;(H,5,6,7)/q+1;/p-1. The molecule has 0 aromatic heterocycles. The molecule has 0 amide bonds. The SMILES string of the molecule is CC(C)(C)Oc1cc(OC(C)(C)C)c([S+](c2ccccc2)c2c(OC(C)(C)C)cc(OC(C)(C)C)cc2OC(C)(C)C)c(OC(C)(C)C)c1.O=S(=O)([O-])C(F)(F)F. The molecule has 322 valence electrons. The Morgan fingerprint density at radius 1 is 0.456 bits per heavy atom. The van der Waals surface area contributed by atoms with E-state index in [0.717, 1.165) is 14.7 Å². The van der Waals surface area contributed by atoms with Crippen molar-refractivity contribution in [1.29, 1.82) is 0 Å². The predicted molar refractivity (Wildman–Crippen MR) is 220 cm³/mol. The van der Waals surface area contributed by atoms with E-state index in [1.54, 1.807) is 0 Å². The number of halogens is 3. The van der Waals surface area contributed by atoms with Crippen LogP contribution < -0.4 is 28.4 Å². The van der Waals surface area contributed by atoms with Gasteiger partial charge in [-0.15, -0.1) is 0 Å². The molecule has 0 aliphatic heterocycles. The summed E-state index contributed by atoms with van der Waals surface area (Å²) in [5, 5.41) is 0. The van der Waals surface area contributed by atoms with Gasteiger partial charge in [-0.2, -0.15) is 13.2 Å². The van der Waals surface area contributed by atoms with E-state index in [-0.39, 0.29) is 0 Å². The predicted octanol–water partition coefficient (Wildman–Crippen LogP) is 11.9. The molecule has 3 aromatic rings. The van der Waals surface area contributed by atoms with Gasteiger partial charge >= 0.3 is 5.51 Å². The van der Waals surface area contributed by atoms with Gasteiger partial charge in [0.2, 0.25) is 0 Å². The molecule has 0 aliphatic carbocycles. The Labute approximate surface area is 342 Å². The van der Waals surface area contributed by atoms with E-state index in [1.165, 1.54) is 0 Å². The van der Waals surface area contributed by atoms with Crippen molar-refractivity contribution in [2.75, 3.05) is 0 Å². The van der Waals surface area contributed by atoms with Gasteiger partial charge in [-0.1, -0.05) is 18.2 Å². The summed E-state index contributed by atoms with van der Waals surface area (Å²) in [5.74, 6) is 3.99. The van der Waals surface area contributed by atoms with Gasteiger partial charge in [0.1, 0.15) is 56.0 Å². The average molecular weight is 845 g/mol. The lowest BCUT2D eigenvalue weighted by atomic mass is 10.1. The minimum absolute atomic E-state index is 0.440. The second-order valence-electron chi connectivity index (χ2n) is 19.3. The quantitative estimate of drug-likeness (QED) is 0.118. The van der Waals surface area contributed by atoms with Crippen LogP contribution in [0.15, 0.2) is 69.3 Å². The zero-order chi connectivity index (χ0) is 44.4. The lowest BCUT2D eigenvalue weighted by molar-refractivity contribution is -0.0518. The van der Waals surface area contributed by atoms with Crippen molar-refractivity contribution in [2.45, 2.75) is 178 Å². The Bertz CT molecular complexity index is 1730. The number of alkyl halides is 3. The largest absolute Gasteiger partial charge is 0.741 e. The molecule has 0 saturated carbocycles. The van der Waals surface area contributed by atoms with Gasteiger partial charge in [0.25, 0.3) is 9.79 Å². The highest BCUT2D eigenvalue weighted by atomic mass is 32.2. The third kappa shape index (κ3) is 17.5. The molecule has 0 atom stereocenters. The van der Waals surface area contributed by atoms with Crippen LogP contribution in [0.2, 0.25) is 0 Å². The maximum absolute atomic E-state index is 10.7. The highest BCUT2D eigenvalue weighted by molar-refractivity contribution is 7.97. The Balaban J connectivity index is 0.00000126. The molecule has 0 aliphatic rings. The van der Waals surface area contributed by atoms with Gasteiger partial charge in [-0.3, -0.25) is 0 Å². The van der Waals surface area contributed by atoms with Crippen molar-refractivity contribution in [3.8, 4) is 34.5 Å². The minimum atomic E-state index is -6.09. The smallest absolute Gasteiger partial charge is 0.485 e. The molecular formula is C43H63F3O9S2. The van der Waals surface area contributed by atoms with Crippen LogP contribution in [0.25, 0.3) is 0 Å². The molecule has 0 fully saturated rings. The fraction of sp³-hybridized carbons (Fsp3) is 0.581. The molecule has 0 bridgehead atoms. The number of hydrogen-bond donors (Lipinski definition) is 0. The van der Waals surface area contributed by atoms with Crippen molar-refractivity contribution in [2.24, 2.45) is 0 Å². The summed E-state index contributed by atoms with van der Waals surface area (Å²) < 4.78 is 99.4. The van der Waals surface area contributed by atoms with E-state index >= 15 is 0 Å². The van der Waals surface area contributed by atoms with Crippen molar-refractivity contribution < 1.29 is 54.6 Å². The number of hydrogen-bond acceptors (Lipinski definition) is 9. The lowest BCUT2D eigenvalue weighted by Gasteiger charge is -2.31. The average Bonchev–Trinajstić information content (AvgIpc) is 2.90. The maximum atomic E-state index is 10.7. The molecule has 9 nitrogen and oxygen atoms in total. The summed E-state index contributed by atoms with van der Waals surface area (Å²) in [6.07, 6.45) is 0. The molecule has 0 heterocycles. The van der Waals surface area contributed by atoms with E-state index in [9.17, 15) is 13.2 Å². The maximum Gasteiger partial charge on any atom is 0.485 e. The van der Waals surface area contributed by atoms with Gasteiger partial charge in [0.05, 0.1) is 0 Å². The number of benzene rings is 3. The second-order valence-corrected chi connectivity index (χ2v) is 22.6. The summed E-state index contributed by atoms with van der Waals surface area (Å²) in [6, 6.07) is 18.4. The normalized spacial score (nSPS) is 13.4. The zero-order valence-electron chi connectivity index (χ0n) is 36.8. The highest BCUT2D eigenvalue weighted by Gasteiger charge is 2.45. The van der Waals surface area contributed by atoms with Gasteiger partial charge in [0.15, 0.2) is 38.0 Å². The van der Waals surface area contributed by atoms with Gasteiger partial charge in [-0.25, -0.2) is 8.42 Å². The fourth-order valence-electron chi connectivity index (χ4n) is 4.85. The summed E-state index contributed by atoms with van der Waals surface area (Å²) in [6.45, 7) is 36.9. The summed E-state index contributed by atoms with van der Waals surface area (Å²) >= 11 is 0. The van der Waals surface area contributed by atoms with Crippen molar-refractivity contribution in [3.63, 3.8) is 0 Å². The van der Waals surface area contributed by atoms with Gasteiger partial charge in [0, 0.05) is 24.3 Å². The molecule has 14 heteroatoms. The fourth-order valence-corrected chi connectivity index (χ4v) is 7.16. The van der Waals surface area contributed by atoms with Crippen LogP contribution in [0, 0.1) is 0 Å². The Kier molecular flexibility index (Phi) is 15.1. The van der Waals surface area contributed by atoms with Crippen LogP contribution in [0.1, 0.15) is 125 Å². The van der Waals surface area contributed by atoms with Gasteiger partial charge in [-0.05, 0) is 137 Å². The van der Waals surface area contributed by atoms with E-state index < -0.39 is 60.1 Å². The van der Waals surface area contributed by atoms with Crippen LogP contribution in [0.3, 0.4) is 0 Å². The van der Waals surface area contributed by atoms with Crippen molar-refractivity contribution >= 4 is 21.0 Å². The van der Waals surface area contributed by atoms with Crippen LogP contribution in [-0.2, 0) is 21.0 Å². The summed E-state index contributed by atoms with van der Waals surface area (Å²) in [5.41, 5.74) is -8.64. The first kappa shape index (κ1) is 49.7. The van der Waals surface area contributed by atoms with Crippen molar-refractivity contribution in [1.82, 2.24) is 0 Å². The first-order chi connectivity index (χ1) is 25.2. The van der Waals surface area contributed by atoms with Gasteiger partial charge < -0.3 is 33.0 Å². The molecule has 3 rings (SSSR count). The van der Waals surface area contributed by atoms with Crippen molar-refractivity contribution in [3.05, 3.63) is 54.6 Å². The summed E-state index contributed by atoms with van der Waals surface area (Å²) in [7, 11) is -6.96. The Morgan fingerprint density at radius 3 is 0.877 bits per heavy atom. The van der Waals surface area contributed by atoms with Crippen LogP contribution in [0.5, 0.6) is 34.5 Å². The topological polar surface area (TPSA) is 113 Å². The first-order valence-corrected chi connectivity index (χ1v) is 21.2. The summed E-state index contributed by atoms with van der Waals surface area (Å²) in [4.78, 5) is 2.80. The number of rotatable bonds is 9. The third-order valence-corrected chi connectivity index (χ3v) is 9.10. The minimum Gasteiger partial charge on any atom is -0.741 e. The third-order valence-electron chi connectivity index (χ3n) is 6.17. The molecule has 3 aromatic carbocycles. The molecular weight excluding hydrogens is 782 g/mol. The monoisotopic (exact) mass is 844 g/mol. The van der Waals surface area contributed by atoms with E-state index in [1.807, 2.05) is 71.9 Å². The molecule has 0 N–H and O–H groups in total. The van der Waals surface area contributed by atoms with Crippen LogP contribution >= 0.6 is 0 Å². The molecule has 0 unspecified atom stereocenters. The first-order valence-electron chi connectivity index (χ1n) is 18.6. The molecule has 0 saturated heterocycles. The van der Waals surface area contributed by atoms with E-state index in [4.69, 9.17) is 41.4 Å². The highest BCUT2D eigenvalue weighted by Crippen LogP contribution is 2.53. The van der Waals surface area contributed by atoms with E-state index in [0.29, 0.717) is 34.5 Å².